The summed E-state index contributed by atoms with van der Waals surface area (Å²) in [6, 6.07) is 8.86. The van der Waals surface area contributed by atoms with Crippen LogP contribution in [0.25, 0.3) is 0 Å². The number of anilines is 2. The molecule has 1 saturated heterocycles. The van der Waals surface area contributed by atoms with Gasteiger partial charge in [-0.15, -0.1) is 4.40 Å². The average Bonchev–Trinajstić information content (AvgIpc) is 2.82. The van der Waals surface area contributed by atoms with Crippen LogP contribution in [0, 0.1) is 5.92 Å². The fraction of sp³-hybridized carbons (Fsp3) is 0.435. The summed E-state index contributed by atoms with van der Waals surface area (Å²) in [7, 11) is -3.35. The van der Waals surface area contributed by atoms with Gasteiger partial charge in [0.05, 0.1) is 17.9 Å². The van der Waals surface area contributed by atoms with Crippen LogP contribution in [0.5, 0.6) is 5.75 Å². The molecule has 2 aliphatic heterocycles. The Kier molecular flexibility index (Phi) is 7.15. The largest absolute Gasteiger partial charge is 0.492 e. The molecule has 10 nitrogen and oxygen atoms in total. The molecule has 34 heavy (non-hydrogen) atoms. The van der Waals surface area contributed by atoms with E-state index in [1.807, 2.05) is 11.0 Å². The molecule has 1 amide bonds. The summed E-state index contributed by atoms with van der Waals surface area (Å²) < 4.78 is 32.1. The van der Waals surface area contributed by atoms with E-state index in [-0.39, 0.29) is 17.7 Å². The van der Waals surface area contributed by atoms with Gasteiger partial charge >= 0.3 is 0 Å². The molecule has 0 saturated carbocycles. The molecule has 5 N–H and O–H groups in total. The van der Waals surface area contributed by atoms with E-state index < -0.39 is 11.0 Å². The number of benzene rings is 1. The molecule has 0 bridgehead atoms. The van der Waals surface area contributed by atoms with Gasteiger partial charge in [0, 0.05) is 43.9 Å². The monoisotopic (exact) mass is 488 g/mol. The summed E-state index contributed by atoms with van der Waals surface area (Å²) in [5.41, 5.74) is 7.60. The van der Waals surface area contributed by atoms with E-state index in [1.54, 1.807) is 30.5 Å². The molecule has 2 aliphatic rings. The summed E-state index contributed by atoms with van der Waals surface area (Å²) in [6.07, 6.45) is 3.54. The minimum atomic E-state index is -3.35. The summed E-state index contributed by atoms with van der Waals surface area (Å²) in [4.78, 5) is 21.6. The van der Waals surface area contributed by atoms with Gasteiger partial charge in [-0.1, -0.05) is 6.07 Å². The van der Waals surface area contributed by atoms with Crippen molar-refractivity contribution in [2.75, 3.05) is 42.4 Å². The van der Waals surface area contributed by atoms with Crippen molar-refractivity contribution in [3.63, 3.8) is 0 Å². The second-order valence-corrected chi connectivity index (χ2v) is 9.85. The first-order valence-corrected chi connectivity index (χ1v) is 13.0. The first-order valence-electron chi connectivity index (χ1n) is 11.5. The van der Waals surface area contributed by atoms with Crippen molar-refractivity contribution >= 4 is 34.2 Å². The van der Waals surface area contributed by atoms with Gasteiger partial charge in [0.2, 0.25) is 0 Å². The Morgan fingerprint density at radius 3 is 2.88 bits per heavy atom. The molecular weight excluding hydrogens is 456 g/mol. The lowest BCUT2D eigenvalue weighted by Gasteiger charge is -2.34. The van der Waals surface area contributed by atoms with Crippen molar-refractivity contribution < 1.29 is 18.6 Å². The fourth-order valence-corrected chi connectivity index (χ4v) is 5.28. The number of ether oxygens (including phenoxy) is 1. The topological polar surface area (TPSA) is 137 Å². The summed E-state index contributed by atoms with van der Waals surface area (Å²) >= 11 is 0. The van der Waals surface area contributed by atoms with Gasteiger partial charge in [0.1, 0.15) is 11.6 Å². The van der Waals surface area contributed by atoms with Crippen molar-refractivity contribution in [3.8, 4) is 5.75 Å². The number of piperidine rings is 1. The number of nitrogens with one attached hydrogen (secondary N) is 1. The minimum Gasteiger partial charge on any atom is -0.492 e. The fourth-order valence-electron chi connectivity index (χ4n) is 4.40. The van der Waals surface area contributed by atoms with Crippen LogP contribution in [0.15, 0.2) is 40.9 Å². The average molecular weight is 489 g/mol. The third kappa shape index (κ3) is 5.21. The molecule has 1 fully saturated rings. The van der Waals surface area contributed by atoms with Gasteiger partial charge in [-0.25, -0.2) is 4.98 Å². The normalized spacial score (nSPS) is 19.9. The molecule has 1 atom stereocenters. The van der Waals surface area contributed by atoms with Crippen molar-refractivity contribution in [1.82, 2.24) is 9.88 Å². The van der Waals surface area contributed by atoms with Crippen LogP contribution in [-0.2, 0) is 0 Å². The Morgan fingerprint density at radius 2 is 2.12 bits per heavy atom. The lowest BCUT2D eigenvalue weighted by Crippen LogP contribution is -2.41. The van der Waals surface area contributed by atoms with E-state index in [4.69, 9.17) is 10.5 Å². The molecular formula is C23H32N6O4S. The molecule has 0 radical (unpaired) electrons. The summed E-state index contributed by atoms with van der Waals surface area (Å²) in [5.74, 6) is 1.51. The number of hydrogen-bond donors (Lipinski definition) is 4. The van der Waals surface area contributed by atoms with Crippen LogP contribution in [0.2, 0.25) is 0 Å². The molecule has 2 aromatic rings. The SMILES string of the molecule is CCN(CC)c1cc(C(=O)N2CCC[C@H](COc3cccc4c3C(N)=NS(O)(O)N4)C2)ccn1. The number of carbonyl (C=O) groups is 1. The highest BCUT2D eigenvalue weighted by atomic mass is 32.3. The van der Waals surface area contributed by atoms with E-state index in [0.29, 0.717) is 42.3 Å². The van der Waals surface area contributed by atoms with E-state index in [0.717, 1.165) is 31.7 Å². The molecule has 1 aromatic heterocycles. The van der Waals surface area contributed by atoms with Crippen LogP contribution in [0.4, 0.5) is 11.5 Å². The van der Waals surface area contributed by atoms with E-state index in [9.17, 15) is 13.9 Å². The summed E-state index contributed by atoms with van der Waals surface area (Å²) in [6.45, 7) is 7.51. The molecule has 3 heterocycles. The first-order chi connectivity index (χ1) is 16.3. The zero-order valence-electron chi connectivity index (χ0n) is 19.5. The Morgan fingerprint density at radius 1 is 1.32 bits per heavy atom. The van der Waals surface area contributed by atoms with Gasteiger partial charge in [0.15, 0.2) is 5.84 Å². The highest BCUT2D eigenvalue weighted by Crippen LogP contribution is 2.46. The molecule has 184 valence electrons. The number of nitrogens with two attached hydrogens (primary N) is 1. The third-order valence-corrected chi connectivity index (χ3v) is 7.06. The molecule has 0 spiro atoms. The maximum atomic E-state index is 13.2. The van der Waals surface area contributed by atoms with Crippen molar-refractivity contribution in [2.45, 2.75) is 26.7 Å². The molecule has 0 unspecified atom stereocenters. The number of fused-ring (bicyclic) bond motifs is 1. The first kappa shape index (κ1) is 24.1. The van der Waals surface area contributed by atoms with Crippen molar-refractivity contribution in [3.05, 3.63) is 47.7 Å². The highest BCUT2D eigenvalue weighted by molar-refractivity contribution is 8.24. The predicted molar refractivity (Wildman–Crippen MR) is 136 cm³/mol. The third-order valence-electron chi connectivity index (χ3n) is 6.12. The Hall–Kier alpha value is -3.02. The quantitative estimate of drug-likeness (QED) is 0.464. The number of nitrogens with zero attached hydrogens (tertiary/aromatic N) is 4. The Balaban J connectivity index is 1.42. The Bertz CT molecular complexity index is 1080. The number of likely N-dealkylation sites (tertiary alicyclic amines) is 1. The van der Waals surface area contributed by atoms with Crippen LogP contribution in [-0.4, -0.2) is 63.5 Å². The molecule has 1 aromatic carbocycles. The number of aromatic nitrogens is 1. The van der Waals surface area contributed by atoms with Gasteiger partial charge in [-0.3, -0.25) is 18.6 Å². The van der Waals surface area contributed by atoms with Crippen LogP contribution >= 0.6 is 11.0 Å². The molecule has 0 aliphatic carbocycles. The maximum Gasteiger partial charge on any atom is 0.254 e. The number of amides is 1. The number of hydrogen-bond acceptors (Lipinski definition) is 9. The number of amidine groups is 1. The van der Waals surface area contributed by atoms with E-state index in [1.165, 1.54) is 0 Å². The summed E-state index contributed by atoms with van der Waals surface area (Å²) in [5, 5.41) is 0. The van der Waals surface area contributed by atoms with Crippen LogP contribution < -0.4 is 20.1 Å². The standard InChI is InChI=1S/C23H32N6O4S/c1-3-28(4-2)20-13-17(10-11-25-20)23(30)29-12-6-7-16(14-29)15-33-19-9-5-8-18-21(19)22(24)27-34(31,32)26-18/h5,8-11,13,16,26,31-32H,3-4,6-7,12,14-15H2,1-2H3,(H2,24,27)/t16-/m0/s1. The molecule has 11 heteroatoms. The van der Waals surface area contributed by atoms with Gasteiger partial charge in [-0.05, 0) is 61.9 Å². The second kappa shape index (κ2) is 10.1. The Labute approximate surface area is 201 Å². The zero-order chi connectivity index (χ0) is 24.3. The smallest absolute Gasteiger partial charge is 0.254 e. The predicted octanol–water partition coefficient (Wildman–Crippen LogP) is 3.57. The number of pyridine rings is 1. The zero-order valence-corrected chi connectivity index (χ0v) is 20.3. The van der Waals surface area contributed by atoms with Crippen LogP contribution in [0.1, 0.15) is 42.6 Å². The minimum absolute atomic E-state index is 0.00313. The number of rotatable bonds is 7. The maximum absolute atomic E-state index is 13.2. The number of carbonyl (C=O) groups excluding carboxylic acids is 1. The van der Waals surface area contributed by atoms with Crippen molar-refractivity contribution in [1.29, 1.82) is 0 Å². The van der Waals surface area contributed by atoms with Gasteiger partial charge in [-0.2, -0.15) is 0 Å². The van der Waals surface area contributed by atoms with Crippen molar-refractivity contribution in [2.24, 2.45) is 16.0 Å². The van der Waals surface area contributed by atoms with Gasteiger partial charge < -0.3 is 20.3 Å². The van der Waals surface area contributed by atoms with Gasteiger partial charge in [0.25, 0.3) is 5.91 Å². The van der Waals surface area contributed by atoms with E-state index >= 15 is 0 Å². The molecule has 4 rings (SSSR count). The lowest BCUT2D eigenvalue weighted by atomic mass is 9.98. The van der Waals surface area contributed by atoms with E-state index in [2.05, 4.69) is 32.9 Å². The highest BCUT2D eigenvalue weighted by Gasteiger charge is 2.28. The lowest BCUT2D eigenvalue weighted by molar-refractivity contribution is 0.0633. The van der Waals surface area contributed by atoms with Crippen LogP contribution in [0.3, 0.4) is 0 Å². The second-order valence-electron chi connectivity index (χ2n) is 8.42.